The summed E-state index contributed by atoms with van der Waals surface area (Å²) in [5.41, 5.74) is 2.71. The van der Waals surface area contributed by atoms with Crippen LogP contribution in [0.3, 0.4) is 0 Å². The van der Waals surface area contributed by atoms with Gasteiger partial charge in [0.15, 0.2) is 5.13 Å². The maximum Gasteiger partial charge on any atom is 0.433 e. The normalized spacial score (nSPS) is 10.9. The van der Waals surface area contributed by atoms with Crippen molar-refractivity contribution in [3.63, 3.8) is 0 Å². The van der Waals surface area contributed by atoms with Crippen molar-refractivity contribution in [3.05, 3.63) is 75.0 Å². The Balaban J connectivity index is 1.50. The molecule has 0 radical (unpaired) electrons. The van der Waals surface area contributed by atoms with Gasteiger partial charge in [-0.05, 0) is 31.2 Å². The summed E-state index contributed by atoms with van der Waals surface area (Å²) >= 11 is 1.41. The number of thiazole rings is 1. The van der Waals surface area contributed by atoms with E-state index in [1.165, 1.54) is 35.1 Å². The molecule has 2 heterocycles. The van der Waals surface area contributed by atoms with Crippen LogP contribution in [-0.4, -0.2) is 15.9 Å². The minimum atomic E-state index is -0.653. The molecule has 0 spiro atoms. The van der Waals surface area contributed by atoms with Crippen LogP contribution in [0.15, 0.2) is 52.3 Å². The average Bonchev–Trinajstić information content (AvgIpc) is 3.30. The van der Waals surface area contributed by atoms with Crippen molar-refractivity contribution >= 4 is 40.1 Å². The van der Waals surface area contributed by atoms with Crippen LogP contribution < -0.4 is 5.32 Å². The highest BCUT2D eigenvalue weighted by Crippen LogP contribution is 2.22. The SMILES string of the molecule is Cc1ccc(Nc2nc(COC(=O)/C=C/c3ccc([N+](=O)[O-])o3)cs2)cc1. The summed E-state index contributed by atoms with van der Waals surface area (Å²) in [6.07, 6.45) is 2.45. The Hall–Kier alpha value is -3.46. The third kappa shape index (κ3) is 5.25. The Bertz CT molecular complexity index is 975. The second-order valence-electron chi connectivity index (χ2n) is 5.51. The minimum absolute atomic E-state index is 0.0214. The summed E-state index contributed by atoms with van der Waals surface area (Å²) in [7, 11) is 0. The van der Waals surface area contributed by atoms with E-state index in [4.69, 9.17) is 9.15 Å². The lowest BCUT2D eigenvalue weighted by molar-refractivity contribution is -0.402. The molecule has 0 unspecified atom stereocenters. The Labute approximate surface area is 158 Å². The molecule has 0 aliphatic carbocycles. The molecule has 27 heavy (non-hydrogen) atoms. The molecule has 3 rings (SSSR count). The van der Waals surface area contributed by atoms with Gasteiger partial charge in [-0.15, -0.1) is 11.3 Å². The summed E-state index contributed by atoms with van der Waals surface area (Å²) in [5.74, 6) is -0.800. The van der Waals surface area contributed by atoms with Gasteiger partial charge in [-0.3, -0.25) is 10.1 Å². The van der Waals surface area contributed by atoms with Crippen molar-refractivity contribution in [1.82, 2.24) is 4.98 Å². The Morgan fingerprint density at radius 1 is 1.33 bits per heavy atom. The number of furan rings is 1. The number of carbonyl (C=O) groups excluding carboxylic acids is 1. The predicted octanol–water partition coefficient (Wildman–Crippen LogP) is 4.45. The van der Waals surface area contributed by atoms with Crippen molar-refractivity contribution in [2.75, 3.05) is 5.32 Å². The lowest BCUT2D eigenvalue weighted by Crippen LogP contribution is -2.01. The van der Waals surface area contributed by atoms with Crippen molar-refractivity contribution in [2.24, 2.45) is 0 Å². The van der Waals surface area contributed by atoms with E-state index in [2.05, 4.69) is 10.3 Å². The molecule has 0 saturated heterocycles. The van der Waals surface area contributed by atoms with Crippen LogP contribution in [-0.2, 0) is 16.1 Å². The fourth-order valence-electron chi connectivity index (χ4n) is 2.06. The smallest absolute Gasteiger partial charge is 0.433 e. The third-order valence-electron chi connectivity index (χ3n) is 3.39. The monoisotopic (exact) mass is 385 g/mol. The number of aromatic nitrogens is 1. The van der Waals surface area contributed by atoms with E-state index >= 15 is 0 Å². The first-order valence-corrected chi connectivity index (χ1v) is 8.75. The van der Waals surface area contributed by atoms with Gasteiger partial charge in [-0.25, -0.2) is 9.78 Å². The first kappa shape index (κ1) is 18.3. The number of ether oxygens (including phenoxy) is 1. The Morgan fingerprint density at radius 3 is 2.81 bits per heavy atom. The van der Waals surface area contributed by atoms with E-state index in [9.17, 15) is 14.9 Å². The highest BCUT2D eigenvalue weighted by atomic mass is 32.1. The highest BCUT2D eigenvalue weighted by molar-refractivity contribution is 7.13. The van der Waals surface area contributed by atoms with Gasteiger partial charge < -0.3 is 14.5 Å². The molecule has 1 aromatic carbocycles. The first-order chi connectivity index (χ1) is 13.0. The molecular formula is C18H15N3O5S. The average molecular weight is 385 g/mol. The van der Waals surface area contributed by atoms with Crippen LogP contribution in [0.4, 0.5) is 16.7 Å². The lowest BCUT2D eigenvalue weighted by atomic mass is 10.2. The molecule has 0 aliphatic rings. The fourth-order valence-corrected chi connectivity index (χ4v) is 2.78. The Morgan fingerprint density at radius 2 is 2.11 bits per heavy atom. The molecule has 0 amide bonds. The molecule has 0 saturated carbocycles. The molecule has 0 fully saturated rings. The quantitative estimate of drug-likeness (QED) is 0.277. The maximum atomic E-state index is 11.7. The number of benzene rings is 1. The van der Waals surface area contributed by atoms with E-state index in [0.717, 1.165) is 11.8 Å². The van der Waals surface area contributed by atoms with Gasteiger partial charge in [0, 0.05) is 17.1 Å². The van der Waals surface area contributed by atoms with Crippen molar-refractivity contribution in [2.45, 2.75) is 13.5 Å². The standard InChI is InChI=1S/C18H15N3O5S/c1-12-2-4-13(5-3-12)19-18-20-14(11-27-18)10-25-17(22)9-7-15-6-8-16(26-15)21(23)24/h2-9,11H,10H2,1H3,(H,19,20)/b9-7+. The van der Waals surface area contributed by atoms with E-state index in [1.54, 1.807) is 5.38 Å². The zero-order chi connectivity index (χ0) is 19.2. The number of carbonyl (C=O) groups is 1. The maximum absolute atomic E-state index is 11.7. The number of rotatable bonds is 7. The number of esters is 1. The number of hydrogen-bond acceptors (Lipinski definition) is 8. The van der Waals surface area contributed by atoms with Gasteiger partial charge >= 0.3 is 11.9 Å². The van der Waals surface area contributed by atoms with Gasteiger partial charge in [0.1, 0.15) is 17.3 Å². The Kier molecular flexibility index (Phi) is 5.62. The van der Waals surface area contributed by atoms with Crippen molar-refractivity contribution < 1.29 is 18.9 Å². The van der Waals surface area contributed by atoms with E-state index < -0.39 is 10.9 Å². The molecule has 8 nitrogen and oxygen atoms in total. The molecule has 0 atom stereocenters. The largest absolute Gasteiger partial charge is 0.456 e. The minimum Gasteiger partial charge on any atom is -0.456 e. The molecule has 2 aromatic heterocycles. The van der Waals surface area contributed by atoms with Crippen LogP contribution in [0.1, 0.15) is 17.0 Å². The van der Waals surface area contributed by atoms with Gasteiger partial charge in [0.2, 0.25) is 0 Å². The molecule has 0 bridgehead atoms. The molecule has 1 N–H and O–H groups in total. The summed E-state index contributed by atoms with van der Waals surface area (Å²) < 4.78 is 10.0. The van der Waals surface area contributed by atoms with E-state index in [-0.39, 0.29) is 18.3 Å². The second-order valence-corrected chi connectivity index (χ2v) is 6.37. The van der Waals surface area contributed by atoms with Crippen LogP contribution >= 0.6 is 11.3 Å². The number of nitro groups is 1. The van der Waals surface area contributed by atoms with Crippen molar-refractivity contribution in [3.8, 4) is 0 Å². The lowest BCUT2D eigenvalue weighted by Gasteiger charge is -2.02. The predicted molar refractivity (Wildman–Crippen MR) is 101 cm³/mol. The summed E-state index contributed by atoms with van der Waals surface area (Å²) in [4.78, 5) is 26.0. The molecule has 138 valence electrons. The topological polar surface area (TPSA) is 108 Å². The number of nitrogens with one attached hydrogen (secondary N) is 1. The molecule has 0 aliphatic heterocycles. The molecule has 9 heteroatoms. The van der Waals surface area contributed by atoms with Crippen LogP contribution in [0, 0.1) is 17.0 Å². The number of anilines is 2. The van der Waals surface area contributed by atoms with E-state index in [1.807, 2.05) is 31.2 Å². The van der Waals surface area contributed by atoms with Crippen LogP contribution in [0.2, 0.25) is 0 Å². The van der Waals surface area contributed by atoms with Gasteiger partial charge in [-0.1, -0.05) is 17.7 Å². The second kappa shape index (κ2) is 8.28. The summed E-state index contributed by atoms with van der Waals surface area (Å²) in [5, 5.41) is 16.2. The zero-order valence-electron chi connectivity index (χ0n) is 14.2. The van der Waals surface area contributed by atoms with Gasteiger partial charge in [-0.2, -0.15) is 0 Å². The van der Waals surface area contributed by atoms with Crippen molar-refractivity contribution in [1.29, 1.82) is 0 Å². The van der Waals surface area contributed by atoms with Gasteiger partial charge in [0.25, 0.3) is 0 Å². The number of hydrogen-bond donors (Lipinski definition) is 1. The molecular weight excluding hydrogens is 370 g/mol. The zero-order valence-corrected chi connectivity index (χ0v) is 15.1. The van der Waals surface area contributed by atoms with Crippen LogP contribution in [0.5, 0.6) is 0 Å². The summed E-state index contributed by atoms with van der Waals surface area (Å²) in [6, 6.07) is 10.5. The first-order valence-electron chi connectivity index (χ1n) is 7.87. The van der Waals surface area contributed by atoms with Crippen LogP contribution in [0.25, 0.3) is 6.08 Å². The van der Waals surface area contributed by atoms with Gasteiger partial charge in [0.05, 0.1) is 11.8 Å². The number of nitrogens with zero attached hydrogens (tertiary/aromatic N) is 2. The number of aryl methyl sites for hydroxylation is 1. The fraction of sp³-hybridized carbons (Fsp3) is 0.111. The third-order valence-corrected chi connectivity index (χ3v) is 4.20. The molecule has 3 aromatic rings. The van der Waals surface area contributed by atoms with E-state index in [0.29, 0.717) is 10.8 Å². The summed E-state index contributed by atoms with van der Waals surface area (Å²) in [6.45, 7) is 2.04. The highest BCUT2D eigenvalue weighted by Gasteiger charge is 2.10.